The Balaban J connectivity index is 1.52. The number of rotatable bonds is 6. The standard InChI is InChI=1S/C24H27ClN6S/c1-4-6-7-18-14(3)10-16(11-27-18)32-24-29-22-20(21(25)17(5-2)28-22)23(30-24)31-12-15-8-9-26-19(15)13-31/h4,6-7,10-11,15,19,26H,1,5,8-9,12-13H2,2-3H3,(H,28,29,30)/b7-6-. The summed E-state index contributed by atoms with van der Waals surface area (Å²) in [6.45, 7) is 10.9. The van der Waals surface area contributed by atoms with Crippen LogP contribution in [0.25, 0.3) is 17.1 Å². The van der Waals surface area contributed by atoms with Crippen molar-refractivity contribution in [2.45, 2.75) is 42.8 Å². The molecule has 32 heavy (non-hydrogen) atoms. The second kappa shape index (κ2) is 8.89. The van der Waals surface area contributed by atoms with Crippen LogP contribution in [0, 0.1) is 12.8 Å². The molecule has 2 aliphatic rings. The van der Waals surface area contributed by atoms with Crippen LogP contribution < -0.4 is 10.2 Å². The average Bonchev–Trinajstić information content (AvgIpc) is 3.46. The zero-order valence-corrected chi connectivity index (χ0v) is 19.9. The van der Waals surface area contributed by atoms with Gasteiger partial charge in [-0.25, -0.2) is 9.97 Å². The van der Waals surface area contributed by atoms with E-state index in [0.29, 0.717) is 17.1 Å². The molecule has 5 rings (SSSR count). The minimum absolute atomic E-state index is 0.530. The molecule has 3 aromatic rings. The van der Waals surface area contributed by atoms with Crippen molar-refractivity contribution in [3.8, 4) is 0 Å². The Morgan fingerprint density at radius 3 is 2.97 bits per heavy atom. The SMILES string of the molecule is C=C/C=C\c1ncc(Sc2nc(N3CC4CCNC4C3)c3c(Cl)c(CC)[nH]c3n2)cc1C. The maximum atomic E-state index is 6.77. The van der Waals surface area contributed by atoms with Gasteiger partial charge in [-0.05, 0) is 61.7 Å². The van der Waals surface area contributed by atoms with Crippen LogP contribution in [0.3, 0.4) is 0 Å². The molecular formula is C24H27ClN6S. The van der Waals surface area contributed by atoms with Gasteiger partial charge < -0.3 is 15.2 Å². The van der Waals surface area contributed by atoms with Crippen LogP contribution in [0.15, 0.2) is 41.0 Å². The summed E-state index contributed by atoms with van der Waals surface area (Å²) in [5.41, 5.74) is 3.85. The van der Waals surface area contributed by atoms with Gasteiger partial charge in [0, 0.05) is 35.9 Å². The highest BCUT2D eigenvalue weighted by Gasteiger charge is 2.37. The third-order valence-corrected chi connectivity index (χ3v) is 7.57. The lowest BCUT2D eigenvalue weighted by molar-refractivity contribution is 0.556. The minimum atomic E-state index is 0.530. The fourth-order valence-electron chi connectivity index (χ4n) is 4.66. The molecule has 0 aliphatic carbocycles. The van der Waals surface area contributed by atoms with Crippen molar-refractivity contribution in [3.63, 3.8) is 0 Å². The monoisotopic (exact) mass is 466 g/mol. The number of fused-ring (bicyclic) bond motifs is 2. The minimum Gasteiger partial charge on any atom is -0.354 e. The van der Waals surface area contributed by atoms with E-state index in [1.807, 2.05) is 18.3 Å². The molecule has 0 bridgehead atoms. The molecule has 0 saturated carbocycles. The van der Waals surface area contributed by atoms with Crippen molar-refractivity contribution in [2.75, 3.05) is 24.5 Å². The lowest BCUT2D eigenvalue weighted by Crippen LogP contribution is -2.30. The van der Waals surface area contributed by atoms with E-state index in [9.17, 15) is 0 Å². The van der Waals surface area contributed by atoms with Crippen LogP contribution in [0.2, 0.25) is 5.02 Å². The highest BCUT2D eigenvalue weighted by molar-refractivity contribution is 7.99. The Morgan fingerprint density at radius 1 is 1.34 bits per heavy atom. The average molecular weight is 467 g/mol. The summed E-state index contributed by atoms with van der Waals surface area (Å²) < 4.78 is 0. The van der Waals surface area contributed by atoms with Crippen molar-refractivity contribution >= 4 is 46.3 Å². The number of allylic oxidation sites excluding steroid dienone is 2. The molecule has 0 radical (unpaired) electrons. The Hall–Kier alpha value is -2.35. The Bertz CT molecular complexity index is 1190. The maximum absolute atomic E-state index is 6.77. The number of nitrogens with one attached hydrogen (secondary N) is 2. The molecule has 8 heteroatoms. The van der Waals surface area contributed by atoms with Crippen molar-refractivity contribution in [1.29, 1.82) is 0 Å². The van der Waals surface area contributed by atoms with Gasteiger partial charge in [-0.1, -0.05) is 37.3 Å². The van der Waals surface area contributed by atoms with Crippen molar-refractivity contribution in [3.05, 3.63) is 53.0 Å². The molecule has 5 heterocycles. The molecule has 2 aliphatic heterocycles. The van der Waals surface area contributed by atoms with Crippen LogP contribution >= 0.6 is 23.4 Å². The number of hydrogen-bond donors (Lipinski definition) is 2. The number of aryl methyl sites for hydroxylation is 2. The molecule has 2 N–H and O–H groups in total. The van der Waals surface area contributed by atoms with Crippen LogP contribution in [0.4, 0.5) is 5.82 Å². The van der Waals surface area contributed by atoms with E-state index in [2.05, 4.69) is 46.7 Å². The summed E-state index contributed by atoms with van der Waals surface area (Å²) in [6, 6.07) is 2.65. The topological polar surface area (TPSA) is 69.7 Å². The van der Waals surface area contributed by atoms with Crippen LogP contribution in [0.5, 0.6) is 0 Å². The summed E-state index contributed by atoms with van der Waals surface area (Å²) in [5.74, 6) is 1.60. The van der Waals surface area contributed by atoms with Gasteiger partial charge in [0.1, 0.15) is 11.5 Å². The van der Waals surface area contributed by atoms with E-state index >= 15 is 0 Å². The second-order valence-electron chi connectivity index (χ2n) is 8.41. The quantitative estimate of drug-likeness (QED) is 0.392. The molecule has 2 saturated heterocycles. The first kappa shape index (κ1) is 21.5. The van der Waals surface area contributed by atoms with E-state index in [1.54, 1.807) is 6.08 Å². The second-order valence-corrected chi connectivity index (χ2v) is 9.83. The lowest BCUT2D eigenvalue weighted by Gasteiger charge is -2.20. The first-order valence-corrected chi connectivity index (χ1v) is 12.3. The molecule has 0 spiro atoms. The van der Waals surface area contributed by atoms with Gasteiger partial charge in [-0.2, -0.15) is 0 Å². The Kier molecular flexibility index (Phi) is 5.97. The van der Waals surface area contributed by atoms with Crippen molar-refractivity contribution < 1.29 is 0 Å². The summed E-state index contributed by atoms with van der Waals surface area (Å²) in [7, 11) is 0. The number of aromatic nitrogens is 4. The van der Waals surface area contributed by atoms with Gasteiger partial charge >= 0.3 is 0 Å². The fraction of sp³-hybridized carbons (Fsp3) is 0.375. The van der Waals surface area contributed by atoms with E-state index in [-0.39, 0.29) is 0 Å². The van der Waals surface area contributed by atoms with Gasteiger partial charge in [0.25, 0.3) is 0 Å². The molecule has 2 unspecified atom stereocenters. The number of anilines is 1. The first-order chi connectivity index (χ1) is 15.6. The normalized spacial score (nSPS) is 20.5. The zero-order chi connectivity index (χ0) is 22.2. The summed E-state index contributed by atoms with van der Waals surface area (Å²) in [5, 5.41) is 6.01. The predicted octanol–water partition coefficient (Wildman–Crippen LogP) is 5.03. The molecule has 0 amide bonds. The number of aromatic amines is 1. The summed E-state index contributed by atoms with van der Waals surface area (Å²) in [4.78, 5) is 21.2. The summed E-state index contributed by atoms with van der Waals surface area (Å²) >= 11 is 8.30. The highest BCUT2D eigenvalue weighted by Crippen LogP contribution is 2.39. The lowest BCUT2D eigenvalue weighted by atomic mass is 10.1. The molecule has 0 aromatic carbocycles. The molecular weight excluding hydrogens is 440 g/mol. The van der Waals surface area contributed by atoms with Gasteiger partial charge in [-0.3, -0.25) is 4.98 Å². The smallest absolute Gasteiger partial charge is 0.196 e. The molecule has 6 nitrogen and oxygen atoms in total. The van der Waals surface area contributed by atoms with Crippen molar-refractivity contribution in [1.82, 2.24) is 25.3 Å². The first-order valence-electron chi connectivity index (χ1n) is 11.1. The summed E-state index contributed by atoms with van der Waals surface area (Å²) in [6.07, 6.45) is 9.52. The van der Waals surface area contributed by atoms with Gasteiger partial charge in [-0.15, -0.1) is 0 Å². The molecule has 2 atom stereocenters. The van der Waals surface area contributed by atoms with E-state index in [4.69, 9.17) is 21.6 Å². The Labute approximate surface area is 197 Å². The number of hydrogen-bond acceptors (Lipinski definition) is 6. The fourth-order valence-corrected chi connectivity index (χ4v) is 5.84. The molecule has 2 fully saturated rings. The van der Waals surface area contributed by atoms with Crippen LogP contribution in [0.1, 0.15) is 30.3 Å². The number of pyridine rings is 1. The zero-order valence-electron chi connectivity index (χ0n) is 18.4. The molecule has 166 valence electrons. The van der Waals surface area contributed by atoms with Crippen molar-refractivity contribution in [2.24, 2.45) is 5.92 Å². The van der Waals surface area contributed by atoms with E-state index in [1.165, 1.54) is 18.2 Å². The third kappa shape index (κ3) is 3.93. The maximum Gasteiger partial charge on any atom is 0.196 e. The predicted molar refractivity (Wildman–Crippen MR) is 133 cm³/mol. The number of nitrogens with zero attached hydrogens (tertiary/aromatic N) is 4. The molecule has 3 aromatic heterocycles. The largest absolute Gasteiger partial charge is 0.354 e. The van der Waals surface area contributed by atoms with E-state index in [0.717, 1.165) is 69.8 Å². The van der Waals surface area contributed by atoms with Crippen LogP contribution in [-0.4, -0.2) is 45.6 Å². The van der Waals surface area contributed by atoms with E-state index < -0.39 is 0 Å². The third-order valence-electron chi connectivity index (χ3n) is 6.33. The van der Waals surface area contributed by atoms with Gasteiger partial charge in [0.2, 0.25) is 0 Å². The highest BCUT2D eigenvalue weighted by atomic mass is 35.5. The van der Waals surface area contributed by atoms with Gasteiger partial charge in [0.05, 0.1) is 16.1 Å². The van der Waals surface area contributed by atoms with Crippen LogP contribution in [-0.2, 0) is 6.42 Å². The number of halogens is 1. The van der Waals surface area contributed by atoms with Gasteiger partial charge in [0.15, 0.2) is 5.16 Å². The number of H-pyrrole nitrogens is 1. The Morgan fingerprint density at radius 2 is 2.22 bits per heavy atom.